The van der Waals surface area contributed by atoms with Crippen LogP contribution in [0.1, 0.15) is 15.9 Å². The molecule has 5 heteroatoms. The van der Waals surface area contributed by atoms with Crippen molar-refractivity contribution in [2.75, 3.05) is 0 Å². The number of carbonyl (C=O) groups is 1. The number of H-pyrrole nitrogens is 2. The lowest BCUT2D eigenvalue weighted by Gasteiger charge is -2.05. The van der Waals surface area contributed by atoms with E-state index in [-0.39, 0.29) is 5.91 Å². The van der Waals surface area contributed by atoms with E-state index in [0.717, 1.165) is 38.3 Å². The number of aromatic nitrogens is 3. The van der Waals surface area contributed by atoms with Crippen LogP contribution >= 0.6 is 0 Å². The van der Waals surface area contributed by atoms with Crippen LogP contribution in [-0.2, 0) is 6.54 Å². The van der Waals surface area contributed by atoms with Gasteiger partial charge in [0.15, 0.2) is 0 Å². The predicted octanol–water partition coefficient (Wildman–Crippen LogP) is 4.13. The highest BCUT2D eigenvalue weighted by molar-refractivity contribution is 6.16. The second kappa shape index (κ2) is 5.74. The van der Waals surface area contributed by atoms with E-state index in [0.29, 0.717) is 12.1 Å². The van der Waals surface area contributed by atoms with Gasteiger partial charge in [-0.2, -0.15) is 0 Å². The van der Waals surface area contributed by atoms with Gasteiger partial charge in [-0.3, -0.25) is 9.89 Å². The number of nitrogens with one attached hydrogen (secondary N) is 3. The maximum atomic E-state index is 12.5. The summed E-state index contributed by atoms with van der Waals surface area (Å²) in [5.41, 5.74) is 4.50. The summed E-state index contributed by atoms with van der Waals surface area (Å²) in [6, 6.07) is 19.6. The van der Waals surface area contributed by atoms with Crippen LogP contribution in [0.5, 0.6) is 0 Å². The monoisotopic (exact) mass is 340 g/mol. The van der Waals surface area contributed by atoms with E-state index >= 15 is 0 Å². The van der Waals surface area contributed by atoms with Crippen LogP contribution in [0, 0.1) is 0 Å². The van der Waals surface area contributed by atoms with Crippen molar-refractivity contribution in [3.8, 4) is 0 Å². The van der Waals surface area contributed by atoms with Crippen molar-refractivity contribution in [2.24, 2.45) is 0 Å². The van der Waals surface area contributed by atoms with E-state index in [2.05, 4.69) is 21.6 Å². The lowest BCUT2D eigenvalue weighted by molar-refractivity contribution is 0.0951. The van der Waals surface area contributed by atoms with Crippen LogP contribution in [-0.4, -0.2) is 21.1 Å². The molecule has 0 saturated heterocycles. The maximum Gasteiger partial charge on any atom is 0.251 e. The Morgan fingerprint density at radius 1 is 1.00 bits per heavy atom. The number of fused-ring (bicyclic) bond motifs is 5. The summed E-state index contributed by atoms with van der Waals surface area (Å²) in [6.07, 6.45) is 1.91. The fraction of sp³-hybridized carbons (Fsp3) is 0.0476. The minimum absolute atomic E-state index is 0.0839. The van der Waals surface area contributed by atoms with Gasteiger partial charge in [0.25, 0.3) is 5.91 Å². The first kappa shape index (κ1) is 14.7. The van der Waals surface area contributed by atoms with Gasteiger partial charge in [-0.05, 0) is 23.8 Å². The normalized spacial score (nSPS) is 11.4. The van der Waals surface area contributed by atoms with Gasteiger partial charge in [0, 0.05) is 34.5 Å². The minimum atomic E-state index is -0.0839. The number of carbonyl (C=O) groups excluding carboxylic acids is 1. The van der Waals surface area contributed by atoms with Gasteiger partial charge in [-0.25, -0.2) is 4.98 Å². The summed E-state index contributed by atoms with van der Waals surface area (Å²) in [4.78, 5) is 17.3. The van der Waals surface area contributed by atoms with Crippen molar-refractivity contribution in [2.45, 2.75) is 6.54 Å². The summed E-state index contributed by atoms with van der Waals surface area (Å²) < 4.78 is 0. The Morgan fingerprint density at radius 3 is 2.77 bits per heavy atom. The molecule has 2 aromatic heterocycles. The number of nitrogens with zero attached hydrogens (tertiary/aromatic N) is 1. The van der Waals surface area contributed by atoms with Crippen LogP contribution in [0.3, 0.4) is 0 Å². The molecule has 2 heterocycles. The van der Waals surface area contributed by atoms with Crippen LogP contribution in [0.2, 0.25) is 0 Å². The summed E-state index contributed by atoms with van der Waals surface area (Å²) in [5.74, 6) is -0.0839. The second-order valence-electron chi connectivity index (χ2n) is 6.35. The smallest absolute Gasteiger partial charge is 0.251 e. The molecule has 1 amide bonds. The van der Waals surface area contributed by atoms with Gasteiger partial charge < -0.3 is 10.4 Å². The molecular weight excluding hydrogens is 324 g/mol. The Hall–Kier alpha value is -3.60. The topological polar surface area (TPSA) is 73.6 Å². The van der Waals surface area contributed by atoms with E-state index in [4.69, 9.17) is 4.98 Å². The van der Waals surface area contributed by atoms with Crippen molar-refractivity contribution in [3.05, 3.63) is 78.0 Å². The second-order valence-corrected chi connectivity index (χ2v) is 6.35. The molecule has 0 atom stereocenters. The molecule has 5 aromatic rings. The third-order valence-electron chi connectivity index (χ3n) is 4.71. The first-order chi connectivity index (χ1) is 12.8. The Balaban J connectivity index is 1.52. The lowest BCUT2D eigenvalue weighted by Crippen LogP contribution is -2.22. The Labute approximate surface area is 149 Å². The lowest BCUT2D eigenvalue weighted by atomic mass is 10.1. The molecule has 126 valence electrons. The predicted molar refractivity (Wildman–Crippen MR) is 103 cm³/mol. The maximum absolute atomic E-state index is 12.5. The van der Waals surface area contributed by atoms with Crippen molar-refractivity contribution < 1.29 is 4.79 Å². The first-order valence-corrected chi connectivity index (χ1v) is 8.50. The zero-order valence-electron chi connectivity index (χ0n) is 13.9. The average molecular weight is 340 g/mol. The molecule has 3 aromatic carbocycles. The van der Waals surface area contributed by atoms with Gasteiger partial charge in [0.1, 0.15) is 0 Å². The quantitative estimate of drug-likeness (QED) is 0.462. The first-order valence-electron chi connectivity index (χ1n) is 8.50. The molecule has 0 bridgehead atoms. The molecule has 5 nitrogen and oxygen atoms in total. The summed E-state index contributed by atoms with van der Waals surface area (Å²) in [6.45, 7) is 0.511. The SMILES string of the molecule is O=C(NCc1ccccc1)c1ccc2nc3c(ccc4c[nH][nH]c43)c2c1. The number of hydrogen-bond donors (Lipinski definition) is 3. The van der Waals surface area contributed by atoms with Crippen LogP contribution in [0.4, 0.5) is 0 Å². The van der Waals surface area contributed by atoms with Crippen LogP contribution < -0.4 is 5.32 Å². The molecule has 0 unspecified atom stereocenters. The fourth-order valence-electron chi connectivity index (χ4n) is 3.37. The summed E-state index contributed by atoms with van der Waals surface area (Å²) in [5, 5.41) is 12.2. The van der Waals surface area contributed by atoms with Crippen molar-refractivity contribution >= 4 is 38.6 Å². The molecule has 3 N–H and O–H groups in total. The molecule has 0 aliphatic heterocycles. The van der Waals surface area contributed by atoms with Gasteiger partial charge in [-0.1, -0.05) is 42.5 Å². The highest BCUT2D eigenvalue weighted by atomic mass is 16.1. The van der Waals surface area contributed by atoms with Gasteiger partial charge in [-0.15, -0.1) is 0 Å². The van der Waals surface area contributed by atoms with E-state index < -0.39 is 0 Å². The van der Waals surface area contributed by atoms with Gasteiger partial charge in [0.05, 0.1) is 16.6 Å². The van der Waals surface area contributed by atoms with Crippen molar-refractivity contribution in [3.63, 3.8) is 0 Å². The average Bonchev–Trinajstić information content (AvgIpc) is 3.30. The summed E-state index contributed by atoms with van der Waals surface area (Å²) >= 11 is 0. The van der Waals surface area contributed by atoms with Crippen LogP contribution in [0.15, 0.2) is 66.9 Å². The molecule has 0 fully saturated rings. The van der Waals surface area contributed by atoms with E-state index in [9.17, 15) is 4.79 Å². The van der Waals surface area contributed by atoms with Crippen molar-refractivity contribution in [1.29, 1.82) is 0 Å². The van der Waals surface area contributed by atoms with E-state index in [1.165, 1.54) is 0 Å². The number of aromatic amines is 2. The van der Waals surface area contributed by atoms with E-state index in [1.807, 2.05) is 60.8 Å². The Bertz CT molecular complexity index is 1250. The van der Waals surface area contributed by atoms with Crippen molar-refractivity contribution in [1.82, 2.24) is 20.5 Å². The number of hydrogen-bond acceptors (Lipinski definition) is 2. The third kappa shape index (κ3) is 2.33. The zero-order valence-corrected chi connectivity index (χ0v) is 13.9. The van der Waals surface area contributed by atoms with E-state index in [1.54, 1.807) is 0 Å². The molecule has 0 radical (unpaired) electrons. The standard InChI is InChI=1S/C21H16N4O/c26-21(22-11-13-4-2-1-3-5-13)14-7-9-18-17(10-14)16-8-6-15-12-23-25-19(15)20(16)24-18/h1-10,12,23,25H,11H2,(H,22,26). The highest BCUT2D eigenvalue weighted by Crippen LogP contribution is 2.30. The molecule has 0 aliphatic rings. The highest BCUT2D eigenvalue weighted by Gasteiger charge is 2.13. The molecular formula is C21H16N4O. The molecule has 0 aliphatic carbocycles. The zero-order chi connectivity index (χ0) is 17.5. The number of amides is 1. The molecule has 0 saturated carbocycles. The minimum Gasteiger partial charge on any atom is -0.348 e. The number of rotatable bonds is 3. The third-order valence-corrected chi connectivity index (χ3v) is 4.71. The van der Waals surface area contributed by atoms with Gasteiger partial charge >= 0.3 is 0 Å². The fourth-order valence-corrected chi connectivity index (χ4v) is 3.37. The molecule has 26 heavy (non-hydrogen) atoms. The largest absolute Gasteiger partial charge is 0.348 e. The number of benzene rings is 3. The molecule has 0 spiro atoms. The Kier molecular flexibility index (Phi) is 3.25. The van der Waals surface area contributed by atoms with Gasteiger partial charge in [0.2, 0.25) is 0 Å². The molecule has 5 rings (SSSR count). The summed E-state index contributed by atoms with van der Waals surface area (Å²) in [7, 11) is 0. The Morgan fingerprint density at radius 2 is 1.88 bits per heavy atom. The van der Waals surface area contributed by atoms with Crippen LogP contribution in [0.25, 0.3) is 32.7 Å².